The zero-order valence-corrected chi connectivity index (χ0v) is 11.4. The van der Waals surface area contributed by atoms with Gasteiger partial charge in [-0.05, 0) is 55.4 Å². The number of ether oxygens (including phenoxy) is 1. The minimum absolute atomic E-state index is 0.369. The molecule has 1 N–H and O–H groups in total. The monoisotopic (exact) mass is 254 g/mol. The smallest absolute Gasteiger partial charge is 0.119 e. The van der Waals surface area contributed by atoms with Crippen LogP contribution in [0.15, 0.2) is 12.1 Å². The van der Waals surface area contributed by atoms with E-state index in [1.165, 1.54) is 34.1 Å². The van der Waals surface area contributed by atoms with E-state index in [1.54, 1.807) is 7.11 Å². The van der Waals surface area contributed by atoms with Crippen LogP contribution in [-0.2, 0) is 6.42 Å². The van der Waals surface area contributed by atoms with E-state index < -0.39 is 0 Å². The maximum absolute atomic E-state index is 9.02. The fourth-order valence-corrected chi connectivity index (χ4v) is 3.28. The Kier molecular flexibility index (Phi) is 2.94. The van der Waals surface area contributed by atoms with Crippen LogP contribution in [0.5, 0.6) is 5.75 Å². The van der Waals surface area contributed by atoms with E-state index in [4.69, 9.17) is 10.00 Å². The second-order valence-electron chi connectivity index (χ2n) is 5.34. The van der Waals surface area contributed by atoms with Gasteiger partial charge in [-0.3, -0.25) is 0 Å². The standard InChI is InChI=1S/C16H18N2O/c1-10-8-12(19-2)9-13-15-11(6-7-17)4-3-5-14(15)18-16(10)13/h8-9,11,18H,3-6H2,1-2H3. The number of fused-ring (bicyclic) bond motifs is 3. The molecule has 0 bridgehead atoms. The zero-order chi connectivity index (χ0) is 13.4. The lowest BCUT2D eigenvalue weighted by molar-refractivity contribution is 0.415. The molecular weight excluding hydrogens is 236 g/mol. The summed E-state index contributed by atoms with van der Waals surface area (Å²) >= 11 is 0. The molecule has 0 saturated heterocycles. The van der Waals surface area contributed by atoms with Gasteiger partial charge in [-0.2, -0.15) is 5.26 Å². The second-order valence-corrected chi connectivity index (χ2v) is 5.34. The number of methoxy groups -OCH3 is 1. The highest BCUT2D eigenvalue weighted by atomic mass is 16.5. The Hall–Kier alpha value is -1.95. The van der Waals surface area contributed by atoms with Crippen molar-refractivity contribution in [2.45, 2.75) is 38.5 Å². The molecule has 98 valence electrons. The number of hydrogen-bond donors (Lipinski definition) is 1. The Labute approximate surface area is 113 Å². The van der Waals surface area contributed by atoms with Gasteiger partial charge < -0.3 is 9.72 Å². The summed E-state index contributed by atoms with van der Waals surface area (Å²) in [5, 5.41) is 10.3. The number of nitrogens with one attached hydrogen (secondary N) is 1. The zero-order valence-electron chi connectivity index (χ0n) is 11.4. The number of hydrogen-bond acceptors (Lipinski definition) is 2. The summed E-state index contributed by atoms with van der Waals surface area (Å²) in [6, 6.07) is 6.49. The summed E-state index contributed by atoms with van der Waals surface area (Å²) in [6.45, 7) is 2.10. The van der Waals surface area contributed by atoms with Gasteiger partial charge in [0.05, 0.1) is 13.2 Å². The third-order valence-corrected chi connectivity index (χ3v) is 4.16. The summed E-state index contributed by atoms with van der Waals surface area (Å²) < 4.78 is 5.38. The van der Waals surface area contributed by atoms with Crippen molar-refractivity contribution in [3.63, 3.8) is 0 Å². The van der Waals surface area contributed by atoms with Crippen LogP contribution >= 0.6 is 0 Å². The normalized spacial score (nSPS) is 18.1. The molecule has 1 unspecified atom stereocenters. The van der Waals surface area contributed by atoms with E-state index in [2.05, 4.69) is 30.1 Å². The largest absolute Gasteiger partial charge is 0.497 e. The van der Waals surface area contributed by atoms with E-state index in [1.807, 2.05) is 0 Å². The van der Waals surface area contributed by atoms with E-state index >= 15 is 0 Å². The van der Waals surface area contributed by atoms with Crippen molar-refractivity contribution in [2.75, 3.05) is 7.11 Å². The van der Waals surface area contributed by atoms with Gasteiger partial charge in [0, 0.05) is 23.0 Å². The van der Waals surface area contributed by atoms with E-state index in [0.717, 1.165) is 18.6 Å². The summed E-state index contributed by atoms with van der Waals surface area (Å²) in [6.07, 6.45) is 3.98. The molecular formula is C16H18N2O. The lowest BCUT2D eigenvalue weighted by Crippen LogP contribution is -2.08. The Balaban J connectivity index is 2.25. The first-order chi connectivity index (χ1) is 9.24. The van der Waals surface area contributed by atoms with Crippen molar-refractivity contribution < 1.29 is 4.74 Å². The van der Waals surface area contributed by atoms with Gasteiger partial charge in [0.2, 0.25) is 0 Å². The van der Waals surface area contributed by atoms with Crippen molar-refractivity contribution >= 4 is 10.9 Å². The van der Waals surface area contributed by atoms with E-state index in [9.17, 15) is 0 Å². The van der Waals surface area contributed by atoms with Crippen LogP contribution in [-0.4, -0.2) is 12.1 Å². The number of H-pyrrole nitrogens is 1. The average Bonchev–Trinajstić information content (AvgIpc) is 2.79. The molecule has 0 spiro atoms. The van der Waals surface area contributed by atoms with Crippen LogP contribution < -0.4 is 4.74 Å². The number of rotatable bonds is 2. The maximum Gasteiger partial charge on any atom is 0.119 e. The van der Waals surface area contributed by atoms with E-state index in [-0.39, 0.29) is 0 Å². The molecule has 1 heterocycles. The first-order valence-electron chi connectivity index (χ1n) is 6.80. The Morgan fingerprint density at radius 1 is 1.47 bits per heavy atom. The number of nitrogens with zero attached hydrogens (tertiary/aromatic N) is 1. The first kappa shape index (κ1) is 12.1. The van der Waals surface area contributed by atoms with Crippen LogP contribution in [0.25, 0.3) is 10.9 Å². The lowest BCUT2D eigenvalue weighted by atomic mass is 9.83. The van der Waals surface area contributed by atoms with Crippen molar-refractivity contribution in [1.82, 2.24) is 4.98 Å². The van der Waals surface area contributed by atoms with Crippen LogP contribution in [0, 0.1) is 18.3 Å². The summed E-state index contributed by atoms with van der Waals surface area (Å²) in [5.74, 6) is 1.27. The Bertz CT molecular complexity index is 663. The van der Waals surface area contributed by atoms with Crippen LogP contribution in [0.3, 0.4) is 0 Å². The molecule has 0 radical (unpaired) electrons. The number of aromatic amines is 1. The molecule has 0 saturated carbocycles. The topological polar surface area (TPSA) is 48.8 Å². The highest BCUT2D eigenvalue weighted by Gasteiger charge is 2.25. The van der Waals surface area contributed by atoms with Gasteiger partial charge in [-0.15, -0.1) is 0 Å². The minimum atomic E-state index is 0.369. The fraction of sp³-hybridized carbons (Fsp3) is 0.438. The molecule has 2 aromatic rings. The fourth-order valence-electron chi connectivity index (χ4n) is 3.28. The molecule has 1 aromatic carbocycles. The van der Waals surface area contributed by atoms with Crippen molar-refractivity contribution in [2.24, 2.45) is 0 Å². The molecule has 3 rings (SSSR count). The average molecular weight is 254 g/mol. The number of benzene rings is 1. The molecule has 19 heavy (non-hydrogen) atoms. The Morgan fingerprint density at radius 2 is 2.32 bits per heavy atom. The predicted molar refractivity (Wildman–Crippen MR) is 75.5 cm³/mol. The molecule has 1 aromatic heterocycles. The third kappa shape index (κ3) is 1.88. The van der Waals surface area contributed by atoms with Gasteiger partial charge in [0.15, 0.2) is 0 Å². The van der Waals surface area contributed by atoms with Crippen molar-refractivity contribution in [1.29, 1.82) is 5.26 Å². The van der Waals surface area contributed by atoms with Crippen LogP contribution in [0.1, 0.15) is 42.0 Å². The van der Waals surface area contributed by atoms with Crippen LogP contribution in [0.2, 0.25) is 0 Å². The van der Waals surface area contributed by atoms with Crippen molar-refractivity contribution in [3.05, 3.63) is 29.0 Å². The molecule has 1 aliphatic carbocycles. The molecule has 3 nitrogen and oxygen atoms in total. The second kappa shape index (κ2) is 4.62. The number of aromatic nitrogens is 1. The summed E-state index contributed by atoms with van der Waals surface area (Å²) in [4.78, 5) is 3.56. The first-order valence-corrected chi connectivity index (χ1v) is 6.80. The van der Waals surface area contributed by atoms with Gasteiger partial charge in [-0.25, -0.2) is 0 Å². The van der Waals surface area contributed by atoms with Gasteiger partial charge in [0.1, 0.15) is 5.75 Å². The van der Waals surface area contributed by atoms with Crippen molar-refractivity contribution in [3.8, 4) is 11.8 Å². The highest BCUT2D eigenvalue weighted by molar-refractivity contribution is 5.89. The summed E-state index contributed by atoms with van der Waals surface area (Å²) in [5.41, 5.74) is 5.08. The molecule has 1 atom stereocenters. The maximum atomic E-state index is 9.02. The molecule has 0 amide bonds. The Morgan fingerprint density at radius 3 is 3.05 bits per heavy atom. The number of aryl methyl sites for hydroxylation is 2. The third-order valence-electron chi connectivity index (χ3n) is 4.16. The molecule has 0 aliphatic heterocycles. The highest BCUT2D eigenvalue weighted by Crippen LogP contribution is 2.40. The van der Waals surface area contributed by atoms with Gasteiger partial charge in [0.25, 0.3) is 0 Å². The van der Waals surface area contributed by atoms with Gasteiger partial charge in [-0.1, -0.05) is 0 Å². The van der Waals surface area contributed by atoms with Crippen LogP contribution in [0.4, 0.5) is 0 Å². The minimum Gasteiger partial charge on any atom is -0.497 e. The molecule has 3 heteroatoms. The summed E-state index contributed by atoms with van der Waals surface area (Å²) in [7, 11) is 1.70. The molecule has 0 fully saturated rings. The number of nitriles is 1. The predicted octanol–water partition coefficient (Wildman–Crippen LogP) is 3.82. The lowest BCUT2D eigenvalue weighted by Gasteiger charge is -2.20. The quantitative estimate of drug-likeness (QED) is 0.885. The van der Waals surface area contributed by atoms with E-state index in [0.29, 0.717) is 12.3 Å². The molecule has 1 aliphatic rings. The van der Waals surface area contributed by atoms with Gasteiger partial charge >= 0.3 is 0 Å². The SMILES string of the molecule is COc1cc(C)c2[nH]c3c(c2c1)C(CC#N)CCC3.